The molecule has 2 aromatic rings. The van der Waals surface area contributed by atoms with Crippen LogP contribution < -0.4 is 5.32 Å². The lowest BCUT2D eigenvalue weighted by Crippen LogP contribution is -2.25. The van der Waals surface area contributed by atoms with Gasteiger partial charge in [0.05, 0.1) is 0 Å². The predicted molar refractivity (Wildman–Crippen MR) is 85.7 cm³/mol. The minimum Gasteiger partial charge on any atom is -0.508 e. The van der Waals surface area contributed by atoms with E-state index < -0.39 is 0 Å². The zero-order valence-electron chi connectivity index (χ0n) is 12.5. The van der Waals surface area contributed by atoms with Crippen molar-refractivity contribution >= 4 is 6.09 Å². The van der Waals surface area contributed by atoms with E-state index >= 15 is 0 Å². The molecule has 1 amide bonds. The molecule has 0 aromatic heterocycles. The van der Waals surface area contributed by atoms with Gasteiger partial charge in [-0.1, -0.05) is 42.5 Å². The fourth-order valence-corrected chi connectivity index (χ4v) is 2.13. The normalized spacial score (nSPS) is 10.2. The number of ether oxygens (including phenoxy) is 1. The molecule has 0 heterocycles. The summed E-state index contributed by atoms with van der Waals surface area (Å²) in [4.78, 5) is 11.5. The molecule has 0 radical (unpaired) electrons. The maximum absolute atomic E-state index is 11.5. The van der Waals surface area contributed by atoms with Crippen LogP contribution in [-0.2, 0) is 17.8 Å². The van der Waals surface area contributed by atoms with Crippen LogP contribution in [0.4, 0.5) is 4.79 Å². The first-order chi connectivity index (χ1) is 10.7. The summed E-state index contributed by atoms with van der Waals surface area (Å²) in [5.74, 6) is 0.292. The van der Waals surface area contributed by atoms with Gasteiger partial charge in [-0.05, 0) is 42.5 Å². The van der Waals surface area contributed by atoms with Gasteiger partial charge in [0, 0.05) is 6.54 Å². The van der Waals surface area contributed by atoms with Crippen molar-refractivity contribution < 1.29 is 14.6 Å². The highest BCUT2D eigenvalue weighted by Gasteiger charge is 2.02. The Kier molecular flexibility index (Phi) is 6.30. The summed E-state index contributed by atoms with van der Waals surface area (Å²) in [6.07, 6.45) is 2.31. The van der Waals surface area contributed by atoms with E-state index in [2.05, 4.69) is 5.32 Å². The van der Waals surface area contributed by atoms with Crippen LogP contribution in [0.1, 0.15) is 24.0 Å². The number of hydrogen-bond donors (Lipinski definition) is 2. The third kappa shape index (κ3) is 5.87. The van der Waals surface area contributed by atoms with Crippen molar-refractivity contribution in [2.75, 3.05) is 6.54 Å². The SMILES string of the molecule is O=C(NCCCCc1cccc(O)c1)OCc1ccccc1. The zero-order valence-corrected chi connectivity index (χ0v) is 12.5. The van der Waals surface area contributed by atoms with Crippen molar-refractivity contribution in [1.29, 1.82) is 0 Å². The zero-order chi connectivity index (χ0) is 15.6. The molecule has 22 heavy (non-hydrogen) atoms. The molecule has 0 saturated carbocycles. The van der Waals surface area contributed by atoms with Gasteiger partial charge < -0.3 is 15.2 Å². The lowest BCUT2D eigenvalue weighted by atomic mass is 10.1. The van der Waals surface area contributed by atoms with E-state index in [9.17, 15) is 9.90 Å². The summed E-state index contributed by atoms with van der Waals surface area (Å²) in [6.45, 7) is 0.877. The predicted octanol–water partition coefficient (Wildman–Crippen LogP) is 3.64. The summed E-state index contributed by atoms with van der Waals surface area (Å²) < 4.78 is 5.13. The lowest BCUT2D eigenvalue weighted by molar-refractivity contribution is 0.139. The molecule has 2 aromatic carbocycles. The highest BCUT2D eigenvalue weighted by molar-refractivity contribution is 5.67. The fourth-order valence-electron chi connectivity index (χ4n) is 2.13. The van der Waals surface area contributed by atoms with Crippen LogP contribution in [0.3, 0.4) is 0 Å². The second-order valence-corrected chi connectivity index (χ2v) is 5.12. The van der Waals surface area contributed by atoms with Crippen molar-refractivity contribution in [2.24, 2.45) is 0 Å². The maximum atomic E-state index is 11.5. The highest BCUT2D eigenvalue weighted by Crippen LogP contribution is 2.12. The van der Waals surface area contributed by atoms with Crippen LogP contribution >= 0.6 is 0 Å². The van der Waals surface area contributed by atoms with E-state index in [0.717, 1.165) is 30.4 Å². The number of unbranched alkanes of at least 4 members (excludes halogenated alkanes) is 1. The van der Waals surface area contributed by atoms with Gasteiger partial charge in [-0.25, -0.2) is 4.79 Å². The number of phenols is 1. The number of carbonyl (C=O) groups is 1. The number of carbonyl (C=O) groups excluding carboxylic acids is 1. The standard InChI is InChI=1S/C18H21NO3/c20-17-11-6-10-15(13-17)7-4-5-12-19-18(21)22-14-16-8-2-1-3-9-16/h1-3,6,8-11,13,20H,4-5,7,12,14H2,(H,19,21). The van der Waals surface area contributed by atoms with Crippen LogP contribution in [0.5, 0.6) is 5.75 Å². The molecule has 0 aliphatic heterocycles. The number of amides is 1. The van der Waals surface area contributed by atoms with E-state index in [4.69, 9.17) is 4.74 Å². The third-order valence-electron chi connectivity index (χ3n) is 3.28. The molecule has 2 rings (SSSR count). The number of benzene rings is 2. The Morgan fingerprint density at radius 2 is 1.77 bits per heavy atom. The van der Waals surface area contributed by atoms with Crippen LogP contribution in [0.2, 0.25) is 0 Å². The number of alkyl carbamates (subject to hydrolysis) is 1. The van der Waals surface area contributed by atoms with E-state index in [1.165, 1.54) is 0 Å². The second-order valence-electron chi connectivity index (χ2n) is 5.12. The van der Waals surface area contributed by atoms with Gasteiger partial charge in [0.2, 0.25) is 0 Å². The Balaban J connectivity index is 1.55. The van der Waals surface area contributed by atoms with Crippen molar-refractivity contribution in [1.82, 2.24) is 5.32 Å². The Hall–Kier alpha value is -2.49. The summed E-state index contributed by atoms with van der Waals surface area (Å²) in [5.41, 5.74) is 2.08. The van der Waals surface area contributed by atoms with E-state index in [1.54, 1.807) is 12.1 Å². The summed E-state index contributed by atoms with van der Waals surface area (Å²) >= 11 is 0. The van der Waals surface area contributed by atoms with Crippen LogP contribution in [0.25, 0.3) is 0 Å². The first-order valence-electron chi connectivity index (χ1n) is 7.46. The molecule has 0 aliphatic rings. The minimum atomic E-state index is -0.388. The Labute approximate surface area is 130 Å². The third-order valence-corrected chi connectivity index (χ3v) is 3.28. The van der Waals surface area contributed by atoms with Gasteiger partial charge in [-0.2, -0.15) is 0 Å². The van der Waals surface area contributed by atoms with Crippen molar-refractivity contribution in [3.05, 3.63) is 65.7 Å². The number of nitrogens with one attached hydrogen (secondary N) is 1. The first-order valence-corrected chi connectivity index (χ1v) is 7.46. The molecule has 2 N–H and O–H groups in total. The molecule has 0 saturated heterocycles. The molecule has 4 heteroatoms. The summed E-state index contributed by atoms with van der Waals surface area (Å²) in [5, 5.41) is 12.1. The molecule has 0 fully saturated rings. The minimum absolute atomic E-state index is 0.288. The largest absolute Gasteiger partial charge is 0.508 e. The fraction of sp³-hybridized carbons (Fsp3) is 0.278. The van der Waals surface area contributed by atoms with Gasteiger partial charge in [0.15, 0.2) is 0 Å². The molecule has 4 nitrogen and oxygen atoms in total. The number of aromatic hydroxyl groups is 1. The topological polar surface area (TPSA) is 58.6 Å². The van der Waals surface area contributed by atoms with Gasteiger partial charge in [0.1, 0.15) is 12.4 Å². The average Bonchev–Trinajstić information content (AvgIpc) is 2.54. The van der Waals surface area contributed by atoms with Gasteiger partial charge in [0.25, 0.3) is 0 Å². The summed E-state index contributed by atoms with van der Waals surface area (Å²) in [6, 6.07) is 16.8. The maximum Gasteiger partial charge on any atom is 0.407 e. The van der Waals surface area contributed by atoms with Crippen LogP contribution in [0, 0.1) is 0 Å². The van der Waals surface area contributed by atoms with E-state index in [1.807, 2.05) is 42.5 Å². The van der Waals surface area contributed by atoms with Gasteiger partial charge >= 0.3 is 6.09 Å². The number of aryl methyl sites for hydroxylation is 1. The molecular weight excluding hydrogens is 278 g/mol. The van der Waals surface area contributed by atoms with Crippen molar-refractivity contribution in [2.45, 2.75) is 25.9 Å². The van der Waals surface area contributed by atoms with Crippen molar-refractivity contribution in [3.63, 3.8) is 0 Å². The van der Waals surface area contributed by atoms with Crippen LogP contribution in [-0.4, -0.2) is 17.7 Å². The Morgan fingerprint density at radius 1 is 1.00 bits per heavy atom. The Morgan fingerprint density at radius 3 is 2.55 bits per heavy atom. The monoisotopic (exact) mass is 299 g/mol. The molecule has 0 spiro atoms. The van der Waals surface area contributed by atoms with Crippen LogP contribution in [0.15, 0.2) is 54.6 Å². The van der Waals surface area contributed by atoms with Crippen molar-refractivity contribution in [3.8, 4) is 5.75 Å². The van der Waals surface area contributed by atoms with E-state index in [0.29, 0.717) is 12.3 Å². The number of hydrogen-bond acceptors (Lipinski definition) is 3. The first kappa shape index (κ1) is 15.9. The Bertz CT molecular complexity index is 584. The number of phenolic OH excluding ortho intramolecular Hbond substituents is 1. The molecule has 116 valence electrons. The summed E-state index contributed by atoms with van der Waals surface area (Å²) in [7, 11) is 0. The van der Waals surface area contributed by atoms with Gasteiger partial charge in [-0.3, -0.25) is 0 Å². The molecule has 0 unspecified atom stereocenters. The quantitative estimate of drug-likeness (QED) is 0.767. The molecule has 0 bridgehead atoms. The molecular formula is C18H21NO3. The average molecular weight is 299 g/mol. The molecule has 0 atom stereocenters. The number of rotatable bonds is 7. The smallest absolute Gasteiger partial charge is 0.407 e. The highest BCUT2D eigenvalue weighted by atomic mass is 16.5. The second kappa shape index (κ2) is 8.72. The lowest BCUT2D eigenvalue weighted by Gasteiger charge is -2.07. The van der Waals surface area contributed by atoms with Gasteiger partial charge in [-0.15, -0.1) is 0 Å². The van der Waals surface area contributed by atoms with E-state index in [-0.39, 0.29) is 12.7 Å². The molecule has 0 aliphatic carbocycles.